The van der Waals surface area contributed by atoms with Gasteiger partial charge in [-0.1, -0.05) is 24.4 Å². The van der Waals surface area contributed by atoms with E-state index in [0.29, 0.717) is 12.8 Å². The molecule has 0 saturated carbocycles. The van der Waals surface area contributed by atoms with E-state index in [0.717, 1.165) is 11.3 Å². The molecule has 0 aliphatic carbocycles. The molecule has 1 unspecified atom stereocenters. The van der Waals surface area contributed by atoms with E-state index >= 15 is 0 Å². The SMILES string of the molecule is CC(CC=S)N(c1ccc(CCC(=O)O)cc1)[C@@H](C)C(=O)[O-].[Na+]. The molecule has 0 fully saturated rings. The van der Waals surface area contributed by atoms with Crippen LogP contribution < -0.4 is 39.6 Å². The van der Waals surface area contributed by atoms with Crippen LogP contribution in [0.25, 0.3) is 0 Å². The van der Waals surface area contributed by atoms with Crippen molar-refractivity contribution in [3.63, 3.8) is 0 Å². The van der Waals surface area contributed by atoms with Crippen LogP contribution in [0.4, 0.5) is 5.69 Å². The Balaban J connectivity index is 0.00000484. The Labute approximate surface area is 164 Å². The van der Waals surface area contributed by atoms with Gasteiger partial charge in [-0.15, -0.1) is 0 Å². The molecule has 23 heavy (non-hydrogen) atoms. The quantitative estimate of drug-likeness (QED) is 0.430. The van der Waals surface area contributed by atoms with Gasteiger partial charge >= 0.3 is 35.5 Å². The largest absolute Gasteiger partial charge is 1.00 e. The number of nitrogens with zero attached hydrogens (tertiary/aromatic N) is 1. The Morgan fingerprint density at radius 3 is 2.30 bits per heavy atom. The monoisotopic (exact) mass is 345 g/mol. The van der Waals surface area contributed by atoms with Gasteiger partial charge in [0.05, 0.1) is 12.0 Å². The van der Waals surface area contributed by atoms with Gasteiger partial charge in [0.2, 0.25) is 0 Å². The van der Waals surface area contributed by atoms with Crippen LogP contribution in [0.5, 0.6) is 0 Å². The van der Waals surface area contributed by atoms with Gasteiger partial charge in [0.15, 0.2) is 0 Å². The third kappa shape index (κ3) is 6.99. The predicted octanol–water partition coefficient (Wildman–Crippen LogP) is -1.57. The summed E-state index contributed by atoms with van der Waals surface area (Å²) in [5.74, 6) is -1.99. The topological polar surface area (TPSA) is 80.7 Å². The Morgan fingerprint density at radius 1 is 1.30 bits per heavy atom. The minimum absolute atomic E-state index is 0. The van der Waals surface area contributed by atoms with Crippen LogP contribution in [-0.2, 0) is 16.0 Å². The van der Waals surface area contributed by atoms with Crippen molar-refractivity contribution < 1.29 is 49.4 Å². The number of benzene rings is 1. The normalized spacial score (nSPS) is 12.6. The summed E-state index contributed by atoms with van der Waals surface area (Å²) in [6.07, 6.45) is 1.09. The predicted molar refractivity (Wildman–Crippen MR) is 87.1 cm³/mol. The number of thiocarbonyl (C=S) groups is 1. The maximum Gasteiger partial charge on any atom is 1.00 e. The van der Waals surface area contributed by atoms with E-state index in [-0.39, 0.29) is 42.0 Å². The maximum atomic E-state index is 11.2. The summed E-state index contributed by atoms with van der Waals surface area (Å²) in [4.78, 5) is 23.5. The van der Waals surface area contributed by atoms with Gasteiger partial charge in [-0.05, 0) is 49.8 Å². The van der Waals surface area contributed by atoms with Crippen molar-refractivity contribution in [2.45, 2.75) is 45.2 Å². The van der Waals surface area contributed by atoms with Crippen molar-refractivity contribution >= 4 is 35.2 Å². The van der Waals surface area contributed by atoms with Crippen molar-refractivity contribution in [1.29, 1.82) is 0 Å². The summed E-state index contributed by atoms with van der Waals surface area (Å²) in [6.45, 7) is 3.48. The van der Waals surface area contributed by atoms with Crippen molar-refractivity contribution in [3.05, 3.63) is 29.8 Å². The molecule has 0 spiro atoms. The Hall–Kier alpha value is -0.950. The molecule has 2 atom stereocenters. The first-order valence-electron chi connectivity index (χ1n) is 7.10. The first kappa shape index (κ1) is 22.1. The fourth-order valence-corrected chi connectivity index (χ4v) is 2.59. The molecular weight excluding hydrogens is 325 g/mol. The Bertz CT molecular complexity index is 535. The molecule has 120 valence electrons. The number of carboxylic acid groups (broad SMARTS) is 2. The Morgan fingerprint density at radius 2 is 1.87 bits per heavy atom. The standard InChI is InChI=1S/C16H21NO4S.Na/c1-11(9-10-22)17(12(2)16(20)21)14-6-3-13(4-7-14)5-8-15(18)19;/h3-4,6-7,10-12H,5,8-9H2,1-2H3,(H,18,19)(H,20,21);/q;+1/p-1/t11?,12-;/m0./s1. The van der Waals surface area contributed by atoms with Gasteiger partial charge in [0.25, 0.3) is 0 Å². The summed E-state index contributed by atoms with van der Waals surface area (Å²) in [5, 5.41) is 21.5. The second-order valence-electron chi connectivity index (χ2n) is 5.21. The number of anilines is 1. The summed E-state index contributed by atoms with van der Waals surface area (Å²) in [7, 11) is 0. The van der Waals surface area contributed by atoms with E-state index in [9.17, 15) is 14.7 Å². The van der Waals surface area contributed by atoms with E-state index in [1.165, 1.54) is 0 Å². The molecular formula is C16H20NNaO4S. The molecule has 1 aromatic carbocycles. The molecule has 1 aromatic rings. The molecule has 0 aromatic heterocycles. The van der Waals surface area contributed by atoms with Crippen LogP contribution in [0.3, 0.4) is 0 Å². The van der Waals surface area contributed by atoms with Crippen molar-refractivity contribution in [2.75, 3.05) is 4.90 Å². The third-order valence-electron chi connectivity index (χ3n) is 3.53. The molecule has 0 bridgehead atoms. The number of carbonyl (C=O) groups is 2. The average Bonchev–Trinajstić information content (AvgIpc) is 2.46. The molecule has 5 nitrogen and oxygen atoms in total. The molecule has 0 amide bonds. The van der Waals surface area contributed by atoms with Crippen molar-refractivity contribution in [1.82, 2.24) is 0 Å². The molecule has 0 radical (unpaired) electrons. The summed E-state index contributed by atoms with van der Waals surface area (Å²) >= 11 is 4.86. The van der Waals surface area contributed by atoms with Gasteiger partial charge < -0.3 is 19.9 Å². The minimum Gasteiger partial charge on any atom is -0.548 e. The number of hydrogen-bond acceptors (Lipinski definition) is 5. The second kappa shape index (κ2) is 10.8. The molecule has 0 aliphatic heterocycles. The first-order chi connectivity index (χ1) is 10.4. The van der Waals surface area contributed by atoms with Crippen LogP contribution in [0.1, 0.15) is 32.3 Å². The third-order valence-corrected chi connectivity index (χ3v) is 3.73. The van der Waals surface area contributed by atoms with Crippen LogP contribution >= 0.6 is 12.2 Å². The van der Waals surface area contributed by atoms with E-state index in [1.54, 1.807) is 29.3 Å². The van der Waals surface area contributed by atoms with E-state index < -0.39 is 18.0 Å². The van der Waals surface area contributed by atoms with E-state index in [2.05, 4.69) is 0 Å². The zero-order chi connectivity index (χ0) is 16.7. The maximum absolute atomic E-state index is 11.2. The van der Waals surface area contributed by atoms with E-state index in [1.807, 2.05) is 19.1 Å². The summed E-state index contributed by atoms with van der Waals surface area (Å²) < 4.78 is 0. The minimum atomic E-state index is -1.15. The van der Waals surface area contributed by atoms with Crippen molar-refractivity contribution in [3.8, 4) is 0 Å². The molecule has 1 N–H and O–H groups in total. The molecule has 0 aliphatic rings. The van der Waals surface area contributed by atoms with Crippen molar-refractivity contribution in [2.24, 2.45) is 0 Å². The van der Waals surface area contributed by atoms with Gasteiger partial charge in [0, 0.05) is 18.2 Å². The number of aryl methyl sites for hydroxylation is 1. The van der Waals surface area contributed by atoms with Gasteiger partial charge in [-0.25, -0.2) is 0 Å². The van der Waals surface area contributed by atoms with Gasteiger partial charge in [-0.3, -0.25) is 4.79 Å². The average molecular weight is 345 g/mol. The number of aliphatic carboxylic acids is 2. The van der Waals surface area contributed by atoms with E-state index in [4.69, 9.17) is 17.3 Å². The van der Waals surface area contributed by atoms with Gasteiger partial charge in [0.1, 0.15) is 0 Å². The number of carboxylic acids is 2. The molecule has 1 rings (SSSR count). The van der Waals surface area contributed by atoms with Crippen LogP contribution in [0.15, 0.2) is 24.3 Å². The molecule has 0 saturated heterocycles. The summed E-state index contributed by atoms with van der Waals surface area (Å²) in [5.41, 5.74) is 1.65. The summed E-state index contributed by atoms with van der Waals surface area (Å²) in [6, 6.07) is 6.38. The fourth-order valence-electron chi connectivity index (χ4n) is 2.31. The van der Waals surface area contributed by atoms with Crippen LogP contribution in [0, 0.1) is 0 Å². The second-order valence-corrected chi connectivity index (χ2v) is 5.55. The number of rotatable bonds is 9. The zero-order valence-electron chi connectivity index (χ0n) is 13.7. The molecule has 7 heteroatoms. The first-order valence-corrected chi connectivity index (χ1v) is 7.57. The van der Waals surface area contributed by atoms with Gasteiger partial charge in [-0.2, -0.15) is 0 Å². The number of carbonyl (C=O) groups excluding carboxylic acids is 1. The van der Waals surface area contributed by atoms with Crippen LogP contribution in [0.2, 0.25) is 0 Å². The zero-order valence-corrected chi connectivity index (χ0v) is 16.5. The number of hydrogen-bond donors (Lipinski definition) is 1. The fraction of sp³-hybridized carbons (Fsp3) is 0.438. The smallest absolute Gasteiger partial charge is 0.548 e. The van der Waals surface area contributed by atoms with Crippen LogP contribution in [-0.4, -0.2) is 34.5 Å². The molecule has 0 heterocycles. The Kier molecular flexibility index (Phi) is 10.3.